The normalized spacial score (nSPS) is 13.5. The lowest BCUT2D eigenvalue weighted by atomic mass is 9.95. The Morgan fingerprint density at radius 3 is 2.44 bits per heavy atom. The van der Waals surface area contributed by atoms with Crippen molar-refractivity contribution in [3.63, 3.8) is 0 Å². The summed E-state index contributed by atoms with van der Waals surface area (Å²) >= 11 is 6.07. The Morgan fingerprint density at radius 1 is 1.33 bits per heavy atom. The van der Waals surface area contributed by atoms with Gasteiger partial charge in [-0.3, -0.25) is 0 Å². The van der Waals surface area contributed by atoms with E-state index in [4.69, 9.17) is 16.7 Å². The van der Waals surface area contributed by atoms with Crippen molar-refractivity contribution in [3.8, 4) is 0 Å². The Labute approximate surface area is 112 Å². The molecule has 0 aliphatic rings. The first-order valence-corrected chi connectivity index (χ1v) is 6.21. The van der Waals surface area contributed by atoms with E-state index in [2.05, 4.69) is 15.3 Å². The highest BCUT2D eigenvalue weighted by atomic mass is 35.5. The molecule has 0 spiro atoms. The van der Waals surface area contributed by atoms with E-state index < -0.39 is 6.10 Å². The average Bonchev–Trinajstić information content (AvgIpc) is 2.28. The number of aliphatic hydroxyl groups is 2. The van der Waals surface area contributed by atoms with Crippen LogP contribution in [0.25, 0.3) is 0 Å². The van der Waals surface area contributed by atoms with Gasteiger partial charge in [-0.25, -0.2) is 9.97 Å². The van der Waals surface area contributed by atoms with Gasteiger partial charge in [0.1, 0.15) is 16.8 Å². The van der Waals surface area contributed by atoms with Crippen molar-refractivity contribution in [2.24, 2.45) is 0 Å². The molecule has 1 aromatic heterocycles. The zero-order valence-electron chi connectivity index (χ0n) is 11.2. The second-order valence-electron chi connectivity index (χ2n) is 5.28. The van der Waals surface area contributed by atoms with Crippen molar-refractivity contribution < 1.29 is 10.2 Å². The number of halogens is 1. The van der Waals surface area contributed by atoms with Crippen LogP contribution in [0.2, 0.25) is 5.15 Å². The smallest absolute Gasteiger partial charge is 0.137 e. The summed E-state index contributed by atoms with van der Waals surface area (Å²) in [4.78, 5) is 8.67. The number of aliphatic hydroxyl groups excluding tert-OH is 2. The molecule has 102 valence electrons. The van der Waals surface area contributed by atoms with E-state index in [1.807, 2.05) is 27.7 Å². The summed E-state index contributed by atoms with van der Waals surface area (Å²) in [6, 6.07) is 0. The molecule has 1 rings (SSSR count). The molecule has 0 saturated heterocycles. The van der Waals surface area contributed by atoms with Gasteiger partial charge >= 0.3 is 0 Å². The quantitative estimate of drug-likeness (QED) is 0.725. The topological polar surface area (TPSA) is 78.3 Å². The van der Waals surface area contributed by atoms with E-state index >= 15 is 0 Å². The van der Waals surface area contributed by atoms with Crippen molar-refractivity contribution in [1.82, 2.24) is 9.97 Å². The standard InChI is InChI=1S/C12H20ClN3O2/c1-7-9(13)15-11(12(2,3)4)16-10(7)14-5-8(18)6-17/h8,17-18H,5-6H2,1-4H3,(H,14,15,16). The molecule has 18 heavy (non-hydrogen) atoms. The van der Waals surface area contributed by atoms with E-state index in [1.54, 1.807) is 0 Å². The second-order valence-corrected chi connectivity index (χ2v) is 5.64. The third kappa shape index (κ3) is 3.80. The van der Waals surface area contributed by atoms with Crippen molar-refractivity contribution in [3.05, 3.63) is 16.5 Å². The van der Waals surface area contributed by atoms with E-state index in [-0.39, 0.29) is 18.6 Å². The van der Waals surface area contributed by atoms with E-state index in [0.29, 0.717) is 16.8 Å². The fourth-order valence-corrected chi connectivity index (χ4v) is 1.45. The van der Waals surface area contributed by atoms with Crippen molar-refractivity contribution >= 4 is 17.4 Å². The Morgan fingerprint density at radius 2 is 1.94 bits per heavy atom. The van der Waals surface area contributed by atoms with Gasteiger partial charge in [0.15, 0.2) is 0 Å². The summed E-state index contributed by atoms with van der Waals surface area (Å²) in [5, 5.41) is 21.5. The van der Waals surface area contributed by atoms with Gasteiger partial charge in [-0.1, -0.05) is 32.4 Å². The first kappa shape index (κ1) is 15.1. The molecule has 0 aromatic carbocycles. The van der Waals surface area contributed by atoms with Crippen LogP contribution < -0.4 is 5.32 Å². The number of nitrogens with one attached hydrogen (secondary N) is 1. The van der Waals surface area contributed by atoms with Crippen LogP contribution >= 0.6 is 11.6 Å². The minimum absolute atomic E-state index is 0.205. The van der Waals surface area contributed by atoms with Crippen molar-refractivity contribution in [2.45, 2.75) is 39.2 Å². The highest BCUT2D eigenvalue weighted by molar-refractivity contribution is 6.30. The molecule has 5 nitrogen and oxygen atoms in total. The van der Waals surface area contributed by atoms with Crippen molar-refractivity contribution in [2.75, 3.05) is 18.5 Å². The first-order chi connectivity index (χ1) is 8.25. The molecule has 1 unspecified atom stereocenters. The van der Waals surface area contributed by atoms with E-state index in [1.165, 1.54) is 0 Å². The Hall–Kier alpha value is -0.910. The minimum atomic E-state index is -0.823. The highest BCUT2D eigenvalue weighted by Crippen LogP contribution is 2.25. The molecule has 6 heteroatoms. The predicted molar refractivity (Wildman–Crippen MR) is 72.1 cm³/mol. The maximum absolute atomic E-state index is 9.32. The Balaban J connectivity index is 3.00. The molecule has 1 heterocycles. The van der Waals surface area contributed by atoms with Crippen LogP contribution in [0.5, 0.6) is 0 Å². The lowest BCUT2D eigenvalue weighted by Gasteiger charge is -2.20. The lowest BCUT2D eigenvalue weighted by molar-refractivity contribution is 0.105. The van der Waals surface area contributed by atoms with Gasteiger partial charge in [0.2, 0.25) is 0 Å². The molecule has 0 saturated carbocycles. The van der Waals surface area contributed by atoms with Crippen LogP contribution in [0.1, 0.15) is 32.2 Å². The fraction of sp³-hybridized carbons (Fsp3) is 0.667. The molecule has 1 atom stereocenters. The SMILES string of the molecule is Cc1c(Cl)nc(C(C)(C)C)nc1NCC(O)CO. The summed E-state index contributed by atoms with van der Waals surface area (Å²) in [5.74, 6) is 1.23. The van der Waals surface area contributed by atoms with Crippen LogP contribution in [0.3, 0.4) is 0 Å². The monoisotopic (exact) mass is 273 g/mol. The van der Waals surface area contributed by atoms with Gasteiger partial charge < -0.3 is 15.5 Å². The van der Waals surface area contributed by atoms with Crippen LogP contribution in [0.15, 0.2) is 0 Å². The van der Waals surface area contributed by atoms with Gasteiger partial charge in [0, 0.05) is 17.5 Å². The van der Waals surface area contributed by atoms with Gasteiger partial charge in [-0.05, 0) is 6.92 Å². The first-order valence-electron chi connectivity index (χ1n) is 5.83. The Bertz CT molecular complexity index is 419. The van der Waals surface area contributed by atoms with Gasteiger partial charge in [0.25, 0.3) is 0 Å². The summed E-state index contributed by atoms with van der Waals surface area (Å²) in [6.45, 7) is 7.73. The van der Waals surface area contributed by atoms with Gasteiger partial charge in [0.05, 0.1) is 12.7 Å². The highest BCUT2D eigenvalue weighted by Gasteiger charge is 2.20. The maximum Gasteiger partial charge on any atom is 0.137 e. The summed E-state index contributed by atoms with van der Waals surface area (Å²) in [6.07, 6.45) is -0.823. The van der Waals surface area contributed by atoms with Crippen molar-refractivity contribution in [1.29, 1.82) is 0 Å². The minimum Gasteiger partial charge on any atom is -0.394 e. The summed E-state index contributed by atoms with van der Waals surface area (Å²) in [7, 11) is 0. The largest absolute Gasteiger partial charge is 0.394 e. The molecular formula is C12H20ClN3O2. The maximum atomic E-state index is 9.32. The summed E-state index contributed by atoms with van der Waals surface area (Å²) < 4.78 is 0. The zero-order valence-corrected chi connectivity index (χ0v) is 11.9. The number of aromatic nitrogens is 2. The van der Waals surface area contributed by atoms with Gasteiger partial charge in [-0.15, -0.1) is 0 Å². The zero-order chi connectivity index (χ0) is 13.9. The molecule has 0 aliphatic carbocycles. The van der Waals surface area contributed by atoms with Crippen LogP contribution in [-0.2, 0) is 5.41 Å². The second kappa shape index (κ2) is 5.82. The Kier molecular flexibility index (Phi) is 4.90. The number of nitrogens with zero attached hydrogens (tertiary/aromatic N) is 2. The van der Waals surface area contributed by atoms with E-state index in [0.717, 1.165) is 5.56 Å². The third-order valence-electron chi connectivity index (χ3n) is 2.47. The predicted octanol–water partition coefficient (Wildman–Crippen LogP) is 1.50. The number of hydrogen-bond acceptors (Lipinski definition) is 5. The summed E-state index contributed by atoms with van der Waals surface area (Å²) in [5.41, 5.74) is 0.526. The molecule has 0 aliphatic heterocycles. The molecule has 0 fully saturated rings. The molecule has 1 aromatic rings. The number of anilines is 1. The van der Waals surface area contributed by atoms with Crippen LogP contribution in [0, 0.1) is 6.92 Å². The van der Waals surface area contributed by atoms with Crippen LogP contribution in [0.4, 0.5) is 5.82 Å². The molecule has 0 amide bonds. The molecular weight excluding hydrogens is 254 g/mol. The van der Waals surface area contributed by atoms with Crippen LogP contribution in [-0.4, -0.2) is 39.4 Å². The number of rotatable bonds is 4. The third-order valence-corrected chi connectivity index (χ3v) is 2.84. The lowest BCUT2D eigenvalue weighted by Crippen LogP contribution is -2.25. The molecule has 3 N–H and O–H groups in total. The van der Waals surface area contributed by atoms with Gasteiger partial charge in [-0.2, -0.15) is 0 Å². The average molecular weight is 274 g/mol. The van der Waals surface area contributed by atoms with E-state index in [9.17, 15) is 5.11 Å². The molecule has 0 radical (unpaired) electrons. The number of hydrogen-bond donors (Lipinski definition) is 3. The fourth-order valence-electron chi connectivity index (χ4n) is 1.28. The molecule has 0 bridgehead atoms.